The summed E-state index contributed by atoms with van der Waals surface area (Å²) < 4.78 is 0. The molecule has 2 aromatic rings. The maximum absolute atomic E-state index is 13.3. The van der Waals surface area contributed by atoms with E-state index in [0.29, 0.717) is 5.78 Å². The van der Waals surface area contributed by atoms with Crippen LogP contribution in [-0.2, 0) is 16.0 Å². The second kappa shape index (κ2) is 8.89. The molecule has 29 heavy (non-hydrogen) atoms. The van der Waals surface area contributed by atoms with Gasteiger partial charge in [0.05, 0.1) is 12.0 Å². The number of amides is 1. The molecule has 0 N–H and O–H groups in total. The molecule has 1 aromatic carbocycles. The average Bonchev–Trinajstić information content (AvgIpc) is 3.18. The first-order chi connectivity index (χ1) is 14.1. The fraction of sp³-hybridized carbons (Fsp3) is 0.480. The molecule has 1 aromatic heterocycles. The normalized spacial score (nSPS) is 23.2. The third-order valence-electron chi connectivity index (χ3n) is 6.62. The molecule has 4 rings (SSSR count). The molecule has 4 heteroatoms. The van der Waals surface area contributed by atoms with Gasteiger partial charge in [0, 0.05) is 31.3 Å². The minimum absolute atomic E-state index is 0.125. The second-order valence-electron chi connectivity index (χ2n) is 8.55. The summed E-state index contributed by atoms with van der Waals surface area (Å²) in [6.07, 6.45) is 10.5. The predicted octanol–water partition coefficient (Wildman–Crippen LogP) is 4.85. The summed E-state index contributed by atoms with van der Waals surface area (Å²) in [5.41, 5.74) is 3.37. The van der Waals surface area contributed by atoms with Crippen LogP contribution in [0.1, 0.15) is 74.1 Å². The summed E-state index contributed by atoms with van der Waals surface area (Å²) in [5, 5.41) is 0. The van der Waals surface area contributed by atoms with E-state index in [2.05, 4.69) is 40.2 Å². The molecular formula is C25H30N2O2. The number of hydrogen-bond donors (Lipinski definition) is 0. The van der Waals surface area contributed by atoms with Gasteiger partial charge in [0.15, 0.2) is 0 Å². The zero-order valence-electron chi connectivity index (χ0n) is 17.2. The van der Waals surface area contributed by atoms with Gasteiger partial charge in [-0.25, -0.2) is 0 Å². The van der Waals surface area contributed by atoms with Gasteiger partial charge < -0.3 is 4.90 Å². The van der Waals surface area contributed by atoms with Crippen molar-refractivity contribution < 1.29 is 9.59 Å². The van der Waals surface area contributed by atoms with Crippen LogP contribution >= 0.6 is 0 Å². The number of Topliss-reactive ketones (excluding diaryl/α,β-unsaturated/α-hetero) is 1. The molecule has 3 unspecified atom stereocenters. The summed E-state index contributed by atoms with van der Waals surface area (Å²) in [6.45, 7) is 2.82. The van der Waals surface area contributed by atoms with Gasteiger partial charge in [-0.2, -0.15) is 0 Å². The lowest BCUT2D eigenvalue weighted by Crippen LogP contribution is -2.40. The van der Waals surface area contributed by atoms with Crippen LogP contribution in [0.4, 0.5) is 0 Å². The fourth-order valence-corrected chi connectivity index (χ4v) is 4.84. The van der Waals surface area contributed by atoms with E-state index in [0.717, 1.165) is 62.6 Å². The van der Waals surface area contributed by atoms with Crippen molar-refractivity contribution in [3.63, 3.8) is 0 Å². The lowest BCUT2D eigenvalue weighted by atomic mass is 9.91. The summed E-state index contributed by atoms with van der Waals surface area (Å²) >= 11 is 0. The number of ketones is 1. The van der Waals surface area contributed by atoms with Crippen LogP contribution in [0.15, 0.2) is 48.8 Å². The van der Waals surface area contributed by atoms with Crippen molar-refractivity contribution in [2.24, 2.45) is 5.92 Å². The van der Waals surface area contributed by atoms with Crippen molar-refractivity contribution in [2.45, 2.75) is 63.8 Å². The molecule has 2 heterocycles. The maximum atomic E-state index is 13.3. The molecule has 1 aliphatic carbocycles. The largest absolute Gasteiger partial charge is 0.335 e. The van der Waals surface area contributed by atoms with Gasteiger partial charge in [-0.3, -0.25) is 14.6 Å². The van der Waals surface area contributed by atoms with Gasteiger partial charge in [0.1, 0.15) is 5.78 Å². The Morgan fingerprint density at radius 2 is 1.97 bits per heavy atom. The van der Waals surface area contributed by atoms with Crippen molar-refractivity contribution in [1.29, 1.82) is 0 Å². The van der Waals surface area contributed by atoms with E-state index in [1.165, 1.54) is 5.56 Å². The molecule has 1 aliphatic heterocycles. The first-order valence-corrected chi connectivity index (χ1v) is 11.0. The van der Waals surface area contributed by atoms with Crippen molar-refractivity contribution in [2.75, 3.05) is 6.54 Å². The number of carbonyl (C=O) groups excluding carboxylic acids is 2. The summed E-state index contributed by atoms with van der Waals surface area (Å²) in [5.74, 6) is 0.615. The van der Waals surface area contributed by atoms with Crippen LogP contribution in [0.25, 0.3) is 0 Å². The zero-order chi connectivity index (χ0) is 20.2. The molecule has 4 nitrogen and oxygen atoms in total. The van der Waals surface area contributed by atoms with Gasteiger partial charge in [0.2, 0.25) is 5.91 Å². The minimum Gasteiger partial charge on any atom is -0.335 e. The molecule has 1 amide bonds. The highest BCUT2D eigenvalue weighted by Crippen LogP contribution is 2.33. The molecule has 1 saturated carbocycles. The van der Waals surface area contributed by atoms with Gasteiger partial charge in [-0.15, -0.1) is 0 Å². The third kappa shape index (κ3) is 4.42. The molecule has 152 valence electrons. The summed E-state index contributed by atoms with van der Waals surface area (Å²) in [6, 6.07) is 12.5. The number of carbonyl (C=O) groups is 2. The van der Waals surface area contributed by atoms with E-state index in [1.54, 1.807) is 6.20 Å². The number of hydrogen-bond acceptors (Lipinski definition) is 3. The summed E-state index contributed by atoms with van der Waals surface area (Å²) in [4.78, 5) is 31.6. The highest BCUT2D eigenvalue weighted by Gasteiger charge is 2.31. The number of rotatable bonds is 5. The maximum Gasteiger partial charge on any atom is 0.230 e. The van der Waals surface area contributed by atoms with E-state index in [1.807, 2.05) is 19.2 Å². The van der Waals surface area contributed by atoms with Gasteiger partial charge in [0.25, 0.3) is 0 Å². The molecule has 2 aliphatic rings. The number of nitrogens with zero attached hydrogens (tertiary/aromatic N) is 2. The monoisotopic (exact) mass is 390 g/mol. The molecule has 0 spiro atoms. The fourth-order valence-electron chi connectivity index (χ4n) is 4.84. The Hall–Kier alpha value is -2.49. The van der Waals surface area contributed by atoms with Crippen molar-refractivity contribution in [3.8, 4) is 0 Å². The highest BCUT2D eigenvalue weighted by molar-refractivity contribution is 5.84. The van der Waals surface area contributed by atoms with Crippen LogP contribution < -0.4 is 0 Å². The minimum atomic E-state index is -0.172. The highest BCUT2D eigenvalue weighted by atomic mass is 16.2. The van der Waals surface area contributed by atoms with E-state index in [9.17, 15) is 9.59 Å². The standard InChI is InChI=1S/C25H30N2O2/c1-18(20-12-10-19(11-13-20)16-21-6-4-9-24(21)28)25(29)27-15-3-2-8-23(27)22-7-5-14-26-17-22/h5,7,10-14,17-18,21,23H,2-4,6,8-9,15-16H2,1H3. The topological polar surface area (TPSA) is 50.3 Å². The molecule has 3 atom stereocenters. The Morgan fingerprint density at radius 3 is 2.66 bits per heavy atom. The quantitative estimate of drug-likeness (QED) is 0.733. The Labute approximate surface area is 173 Å². The van der Waals surface area contributed by atoms with Gasteiger partial charge >= 0.3 is 0 Å². The first-order valence-electron chi connectivity index (χ1n) is 11.0. The van der Waals surface area contributed by atoms with Gasteiger partial charge in [-0.05, 0) is 68.2 Å². The SMILES string of the molecule is CC(C(=O)N1CCCCC1c1cccnc1)c1ccc(CC2CCCC2=O)cc1. The molecule has 0 radical (unpaired) electrons. The van der Waals surface area contributed by atoms with Crippen LogP contribution in [0, 0.1) is 5.92 Å². The summed E-state index contributed by atoms with van der Waals surface area (Å²) in [7, 11) is 0. The second-order valence-corrected chi connectivity index (χ2v) is 8.55. The lowest BCUT2D eigenvalue weighted by molar-refractivity contribution is -0.136. The first kappa shape index (κ1) is 19.8. The van der Waals surface area contributed by atoms with Crippen LogP contribution in [0.5, 0.6) is 0 Å². The Bertz CT molecular complexity index is 847. The number of piperidine rings is 1. The molecular weight excluding hydrogens is 360 g/mol. The van der Waals surface area contributed by atoms with Crippen molar-refractivity contribution in [1.82, 2.24) is 9.88 Å². The number of benzene rings is 1. The molecule has 0 bridgehead atoms. The number of aromatic nitrogens is 1. The van der Waals surface area contributed by atoms with E-state index < -0.39 is 0 Å². The smallest absolute Gasteiger partial charge is 0.230 e. The van der Waals surface area contributed by atoms with Crippen LogP contribution in [0.2, 0.25) is 0 Å². The Kier molecular flexibility index (Phi) is 6.08. The van der Waals surface area contributed by atoms with Crippen LogP contribution in [-0.4, -0.2) is 28.1 Å². The predicted molar refractivity (Wildman–Crippen MR) is 113 cm³/mol. The van der Waals surface area contributed by atoms with E-state index in [-0.39, 0.29) is 23.8 Å². The molecule has 1 saturated heterocycles. The van der Waals surface area contributed by atoms with Crippen molar-refractivity contribution in [3.05, 3.63) is 65.5 Å². The number of pyridine rings is 1. The van der Waals surface area contributed by atoms with Crippen molar-refractivity contribution >= 4 is 11.7 Å². The average molecular weight is 391 g/mol. The lowest BCUT2D eigenvalue weighted by Gasteiger charge is -2.37. The van der Waals surface area contributed by atoms with E-state index in [4.69, 9.17) is 0 Å². The van der Waals surface area contributed by atoms with E-state index >= 15 is 0 Å². The zero-order valence-corrected chi connectivity index (χ0v) is 17.2. The Morgan fingerprint density at radius 1 is 1.14 bits per heavy atom. The van der Waals surface area contributed by atoms with Crippen LogP contribution in [0.3, 0.4) is 0 Å². The van der Waals surface area contributed by atoms with Gasteiger partial charge in [-0.1, -0.05) is 30.3 Å². The molecule has 2 fully saturated rings. The number of likely N-dealkylation sites (tertiary alicyclic amines) is 1. The third-order valence-corrected chi connectivity index (χ3v) is 6.62. The Balaban J connectivity index is 1.45.